The lowest BCUT2D eigenvalue weighted by Gasteiger charge is -2.41. The number of anilines is 1. The van der Waals surface area contributed by atoms with Gasteiger partial charge in [0.1, 0.15) is 0 Å². The summed E-state index contributed by atoms with van der Waals surface area (Å²) >= 11 is 1.80. The third kappa shape index (κ3) is 3.11. The van der Waals surface area contributed by atoms with Crippen molar-refractivity contribution in [3.8, 4) is 0 Å². The molecule has 3 nitrogen and oxygen atoms in total. The lowest BCUT2D eigenvalue weighted by Crippen LogP contribution is -2.45. The Kier molecular flexibility index (Phi) is 4.85. The van der Waals surface area contributed by atoms with Crippen molar-refractivity contribution in [2.75, 3.05) is 11.4 Å². The second kappa shape index (κ2) is 6.23. The molecule has 1 saturated heterocycles. The maximum absolute atomic E-state index is 5.86. The summed E-state index contributed by atoms with van der Waals surface area (Å²) in [5.74, 6) is 1.50. The van der Waals surface area contributed by atoms with E-state index in [1.54, 1.807) is 11.3 Å². The topological polar surface area (TPSA) is 42.2 Å². The molecule has 3 atom stereocenters. The Hall–Kier alpha value is -0.610. The quantitative estimate of drug-likeness (QED) is 0.919. The number of hydrogen-bond acceptors (Lipinski definition) is 4. The minimum Gasteiger partial charge on any atom is -0.345 e. The first-order valence-electron chi connectivity index (χ1n) is 7.52. The molecule has 0 amide bonds. The molecule has 1 aliphatic heterocycles. The van der Waals surface area contributed by atoms with Crippen molar-refractivity contribution in [3.05, 3.63) is 10.6 Å². The van der Waals surface area contributed by atoms with Gasteiger partial charge in [-0.2, -0.15) is 0 Å². The lowest BCUT2D eigenvalue weighted by molar-refractivity contribution is 0.297. The highest BCUT2D eigenvalue weighted by Gasteiger charge is 2.30. The number of piperidine rings is 1. The van der Waals surface area contributed by atoms with Gasteiger partial charge < -0.3 is 10.6 Å². The van der Waals surface area contributed by atoms with E-state index in [-0.39, 0.29) is 0 Å². The number of nitrogens with two attached hydrogens (primary N) is 1. The molecular formula is C15H27N3S. The summed E-state index contributed by atoms with van der Waals surface area (Å²) in [6, 6.07) is 0.586. The molecule has 2 heterocycles. The Morgan fingerprint density at radius 3 is 2.74 bits per heavy atom. The summed E-state index contributed by atoms with van der Waals surface area (Å²) in [4.78, 5) is 8.65. The molecule has 3 unspecified atom stereocenters. The molecule has 0 bridgehead atoms. The first-order chi connectivity index (χ1) is 9.06. The molecule has 1 aliphatic rings. The standard InChI is InChI=1S/C15H27N3S/c1-5-6-13-14(8-16)19-15(17-13)18-9-10(2)7-11(3)12(18)4/h10-12H,5-9,16H2,1-4H3. The van der Waals surface area contributed by atoms with E-state index in [9.17, 15) is 0 Å². The van der Waals surface area contributed by atoms with Gasteiger partial charge >= 0.3 is 0 Å². The number of thiazole rings is 1. The molecule has 1 aromatic heterocycles. The van der Waals surface area contributed by atoms with Gasteiger partial charge in [0.15, 0.2) is 5.13 Å². The number of aryl methyl sites for hydroxylation is 1. The van der Waals surface area contributed by atoms with E-state index in [2.05, 4.69) is 32.6 Å². The molecule has 1 aromatic rings. The predicted octanol–water partition coefficient (Wildman–Crippen LogP) is 3.43. The van der Waals surface area contributed by atoms with Gasteiger partial charge in [0.2, 0.25) is 0 Å². The fourth-order valence-corrected chi connectivity index (χ4v) is 4.13. The monoisotopic (exact) mass is 281 g/mol. The molecule has 1 fully saturated rings. The number of rotatable bonds is 4. The highest BCUT2D eigenvalue weighted by molar-refractivity contribution is 7.15. The van der Waals surface area contributed by atoms with Gasteiger partial charge in [0.05, 0.1) is 5.69 Å². The van der Waals surface area contributed by atoms with Gasteiger partial charge in [-0.05, 0) is 31.6 Å². The predicted molar refractivity (Wildman–Crippen MR) is 83.8 cm³/mol. The molecule has 0 radical (unpaired) electrons. The third-order valence-electron chi connectivity index (χ3n) is 4.28. The minimum absolute atomic E-state index is 0.586. The van der Waals surface area contributed by atoms with E-state index < -0.39 is 0 Å². The van der Waals surface area contributed by atoms with Crippen LogP contribution in [0.25, 0.3) is 0 Å². The van der Waals surface area contributed by atoms with Crippen LogP contribution in [0.15, 0.2) is 0 Å². The molecule has 0 aromatic carbocycles. The average Bonchev–Trinajstić information content (AvgIpc) is 2.77. The van der Waals surface area contributed by atoms with Crippen LogP contribution >= 0.6 is 11.3 Å². The number of hydrogen-bond donors (Lipinski definition) is 1. The zero-order valence-electron chi connectivity index (χ0n) is 12.6. The number of nitrogens with zero attached hydrogens (tertiary/aromatic N) is 2. The summed E-state index contributed by atoms with van der Waals surface area (Å²) < 4.78 is 0. The zero-order chi connectivity index (χ0) is 14.0. The van der Waals surface area contributed by atoms with Gasteiger partial charge in [0, 0.05) is 24.0 Å². The van der Waals surface area contributed by atoms with E-state index in [4.69, 9.17) is 10.7 Å². The van der Waals surface area contributed by atoms with Gasteiger partial charge in [-0.3, -0.25) is 0 Å². The Morgan fingerprint density at radius 2 is 2.11 bits per heavy atom. The molecule has 0 saturated carbocycles. The normalized spacial score (nSPS) is 27.8. The second-order valence-corrected chi connectivity index (χ2v) is 7.09. The average molecular weight is 281 g/mol. The van der Waals surface area contributed by atoms with Crippen molar-refractivity contribution < 1.29 is 0 Å². The summed E-state index contributed by atoms with van der Waals surface area (Å²) in [6.45, 7) is 11.0. The fourth-order valence-electron chi connectivity index (χ4n) is 3.05. The van der Waals surface area contributed by atoms with Crippen LogP contribution in [0.4, 0.5) is 5.13 Å². The summed E-state index contributed by atoms with van der Waals surface area (Å²) in [5, 5.41) is 1.19. The molecule has 2 N–H and O–H groups in total. The van der Waals surface area contributed by atoms with E-state index in [0.29, 0.717) is 12.6 Å². The van der Waals surface area contributed by atoms with Crippen LogP contribution in [-0.4, -0.2) is 17.6 Å². The van der Waals surface area contributed by atoms with E-state index >= 15 is 0 Å². The number of aromatic nitrogens is 1. The van der Waals surface area contributed by atoms with E-state index in [0.717, 1.165) is 31.2 Å². The van der Waals surface area contributed by atoms with Crippen LogP contribution in [-0.2, 0) is 13.0 Å². The largest absolute Gasteiger partial charge is 0.345 e. The van der Waals surface area contributed by atoms with Crippen LogP contribution in [0.3, 0.4) is 0 Å². The van der Waals surface area contributed by atoms with Crippen LogP contribution in [0, 0.1) is 11.8 Å². The fraction of sp³-hybridized carbons (Fsp3) is 0.800. The SMILES string of the molecule is CCCc1nc(N2CC(C)CC(C)C2C)sc1CN. The van der Waals surface area contributed by atoms with E-state index in [1.807, 2.05) is 0 Å². The third-order valence-corrected chi connectivity index (χ3v) is 5.44. The minimum atomic E-state index is 0.586. The maximum Gasteiger partial charge on any atom is 0.186 e. The van der Waals surface area contributed by atoms with Gasteiger partial charge in [-0.15, -0.1) is 11.3 Å². The van der Waals surface area contributed by atoms with Crippen LogP contribution in [0.2, 0.25) is 0 Å². The summed E-state index contributed by atoms with van der Waals surface area (Å²) in [5.41, 5.74) is 7.09. The Balaban J connectivity index is 2.24. The highest BCUT2D eigenvalue weighted by atomic mass is 32.1. The van der Waals surface area contributed by atoms with Crippen molar-refractivity contribution in [1.29, 1.82) is 0 Å². The molecule has 4 heteroatoms. The highest BCUT2D eigenvalue weighted by Crippen LogP contribution is 2.35. The van der Waals surface area contributed by atoms with Gasteiger partial charge in [0.25, 0.3) is 0 Å². The van der Waals surface area contributed by atoms with Gasteiger partial charge in [-0.1, -0.05) is 27.2 Å². The van der Waals surface area contributed by atoms with Gasteiger partial charge in [-0.25, -0.2) is 4.98 Å². The molecule has 19 heavy (non-hydrogen) atoms. The Bertz CT molecular complexity index is 416. The second-order valence-electron chi connectivity index (χ2n) is 6.03. The molecule has 2 rings (SSSR count). The summed E-state index contributed by atoms with van der Waals surface area (Å²) in [6.07, 6.45) is 3.52. The van der Waals surface area contributed by atoms with Crippen LogP contribution < -0.4 is 10.6 Å². The van der Waals surface area contributed by atoms with Crippen molar-refractivity contribution in [2.45, 2.75) is 59.5 Å². The molecule has 0 aliphatic carbocycles. The lowest BCUT2D eigenvalue weighted by atomic mass is 9.86. The first-order valence-corrected chi connectivity index (χ1v) is 8.33. The van der Waals surface area contributed by atoms with E-state index in [1.165, 1.54) is 22.1 Å². The van der Waals surface area contributed by atoms with Crippen molar-refractivity contribution in [1.82, 2.24) is 4.98 Å². The van der Waals surface area contributed by atoms with Crippen LogP contribution in [0.1, 0.15) is 51.1 Å². The van der Waals surface area contributed by atoms with Crippen molar-refractivity contribution in [2.24, 2.45) is 17.6 Å². The molecule has 0 spiro atoms. The first kappa shape index (κ1) is 14.8. The smallest absolute Gasteiger partial charge is 0.186 e. The maximum atomic E-state index is 5.86. The Labute approximate surface area is 121 Å². The van der Waals surface area contributed by atoms with Crippen molar-refractivity contribution in [3.63, 3.8) is 0 Å². The van der Waals surface area contributed by atoms with Crippen LogP contribution in [0.5, 0.6) is 0 Å². The molecule has 108 valence electrons. The zero-order valence-corrected chi connectivity index (χ0v) is 13.5. The Morgan fingerprint density at radius 1 is 1.37 bits per heavy atom. The van der Waals surface area contributed by atoms with Crippen molar-refractivity contribution >= 4 is 16.5 Å². The molecular weight excluding hydrogens is 254 g/mol. The summed E-state index contributed by atoms with van der Waals surface area (Å²) in [7, 11) is 0.